The molecule has 1 aromatic heterocycles. The molecule has 5 heteroatoms. The Morgan fingerprint density at radius 1 is 1.21 bits per heavy atom. The summed E-state index contributed by atoms with van der Waals surface area (Å²) in [4.78, 5) is 15.6. The SMILES string of the molecule is CCOC(=O)c1cccc(-c2cc(F)cc(F)c2)n1. The molecule has 0 aliphatic rings. The van der Waals surface area contributed by atoms with Crippen molar-refractivity contribution >= 4 is 5.97 Å². The molecule has 1 heterocycles. The summed E-state index contributed by atoms with van der Waals surface area (Å²) in [5.74, 6) is -1.96. The molecule has 0 atom stereocenters. The van der Waals surface area contributed by atoms with Crippen molar-refractivity contribution in [1.82, 2.24) is 4.98 Å². The second-order valence-corrected chi connectivity index (χ2v) is 3.79. The highest BCUT2D eigenvalue weighted by atomic mass is 19.1. The van der Waals surface area contributed by atoms with E-state index in [1.807, 2.05) is 0 Å². The molecule has 1 aromatic carbocycles. The van der Waals surface area contributed by atoms with Gasteiger partial charge in [-0.2, -0.15) is 0 Å². The fourth-order valence-electron chi connectivity index (χ4n) is 1.62. The highest BCUT2D eigenvalue weighted by Crippen LogP contribution is 2.20. The average Bonchev–Trinajstić information content (AvgIpc) is 2.38. The van der Waals surface area contributed by atoms with Gasteiger partial charge in [-0.3, -0.25) is 0 Å². The zero-order valence-corrected chi connectivity index (χ0v) is 10.2. The minimum Gasteiger partial charge on any atom is -0.461 e. The van der Waals surface area contributed by atoms with Gasteiger partial charge in [-0.05, 0) is 31.2 Å². The van der Waals surface area contributed by atoms with Gasteiger partial charge in [-0.15, -0.1) is 0 Å². The number of halogens is 2. The van der Waals surface area contributed by atoms with Crippen molar-refractivity contribution in [3.8, 4) is 11.3 Å². The Hall–Kier alpha value is -2.30. The second-order valence-electron chi connectivity index (χ2n) is 3.79. The summed E-state index contributed by atoms with van der Waals surface area (Å²) < 4.78 is 31.1. The summed E-state index contributed by atoms with van der Waals surface area (Å²) in [5, 5.41) is 0. The van der Waals surface area contributed by atoms with Gasteiger partial charge >= 0.3 is 5.97 Å². The number of carbonyl (C=O) groups excluding carboxylic acids is 1. The van der Waals surface area contributed by atoms with Gasteiger partial charge in [0.1, 0.15) is 17.3 Å². The summed E-state index contributed by atoms with van der Waals surface area (Å²) in [5.41, 5.74) is 0.677. The number of hydrogen-bond acceptors (Lipinski definition) is 3. The number of pyridine rings is 1. The van der Waals surface area contributed by atoms with E-state index in [0.29, 0.717) is 5.69 Å². The Balaban J connectivity index is 2.40. The maximum Gasteiger partial charge on any atom is 0.356 e. The van der Waals surface area contributed by atoms with E-state index in [0.717, 1.165) is 18.2 Å². The van der Waals surface area contributed by atoms with Crippen LogP contribution in [0.1, 0.15) is 17.4 Å². The number of carbonyl (C=O) groups is 1. The van der Waals surface area contributed by atoms with Gasteiger partial charge in [0, 0.05) is 11.6 Å². The summed E-state index contributed by atoms with van der Waals surface area (Å²) in [6.07, 6.45) is 0. The van der Waals surface area contributed by atoms with Crippen LogP contribution in [0.25, 0.3) is 11.3 Å². The fourth-order valence-corrected chi connectivity index (χ4v) is 1.62. The van der Waals surface area contributed by atoms with Crippen LogP contribution in [0, 0.1) is 11.6 Å². The van der Waals surface area contributed by atoms with Gasteiger partial charge in [-0.1, -0.05) is 6.07 Å². The number of benzene rings is 1. The molecule has 0 saturated carbocycles. The van der Waals surface area contributed by atoms with Gasteiger partial charge < -0.3 is 4.74 Å². The van der Waals surface area contributed by atoms with Gasteiger partial charge in [0.05, 0.1) is 12.3 Å². The molecule has 2 aromatic rings. The quantitative estimate of drug-likeness (QED) is 0.798. The molecule has 0 fully saturated rings. The Morgan fingerprint density at radius 2 is 1.89 bits per heavy atom. The van der Waals surface area contributed by atoms with Crippen molar-refractivity contribution in [3.05, 3.63) is 53.7 Å². The molecule has 3 nitrogen and oxygen atoms in total. The average molecular weight is 263 g/mol. The van der Waals surface area contributed by atoms with E-state index >= 15 is 0 Å². The van der Waals surface area contributed by atoms with Crippen molar-refractivity contribution < 1.29 is 18.3 Å². The van der Waals surface area contributed by atoms with Crippen molar-refractivity contribution in [2.24, 2.45) is 0 Å². The van der Waals surface area contributed by atoms with E-state index in [9.17, 15) is 13.6 Å². The number of esters is 1. The zero-order chi connectivity index (χ0) is 13.8. The molecule has 19 heavy (non-hydrogen) atoms. The van der Waals surface area contributed by atoms with Crippen LogP contribution >= 0.6 is 0 Å². The van der Waals surface area contributed by atoms with Crippen LogP contribution in [0.5, 0.6) is 0 Å². The normalized spacial score (nSPS) is 10.3. The highest BCUT2D eigenvalue weighted by molar-refractivity contribution is 5.87. The third-order valence-corrected chi connectivity index (χ3v) is 2.39. The summed E-state index contributed by atoms with van der Waals surface area (Å²) >= 11 is 0. The molecular weight excluding hydrogens is 252 g/mol. The lowest BCUT2D eigenvalue weighted by Gasteiger charge is -2.05. The van der Waals surface area contributed by atoms with Crippen molar-refractivity contribution in [2.45, 2.75) is 6.92 Å². The molecule has 0 radical (unpaired) electrons. The van der Waals surface area contributed by atoms with Crippen molar-refractivity contribution in [3.63, 3.8) is 0 Å². The molecule has 98 valence electrons. The minimum absolute atomic E-state index is 0.101. The maximum atomic E-state index is 13.1. The van der Waals surface area contributed by atoms with Crippen molar-refractivity contribution in [1.29, 1.82) is 0 Å². The number of aromatic nitrogens is 1. The summed E-state index contributed by atoms with van der Waals surface area (Å²) in [6, 6.07) is 7.71. The van der Waals surface area contributed by atoms with Gasteiger partial charge in [0.2, 0.25) is 0 Å². The third-order valence-electron chi connectivity index (χ3n) is 2.39. The van der Waals surface area contributed by atoms with E-state index in [1.54, 1.807) is 19.1 Å². The third kappa shape index (κ3) is 3.13. The first-order valence-corrected chi connectivity index (χ1v) is 5.71. The lowest BCUT2D eigenvalue weighted by Crippen LogP contribution is -2.07. The zero-order valence-electron chi connectivity index (χ0n) is 10.2. The van der Waals surface area contributed by atoms with Crippen LogP contribution < -0.4 is 0 Å². The molecule has 0 unspecified atom stereocenters. The van der Waals surface area contributed by atoms with Crippen molar-refractivity contribution in [2.75, 3.05) is 6.61 Å². The van der Waals surface area contributed by atoms with Crippen LogP contribution in [0.15, 0.2) is 36.4 Å². The molecule has 0 spiro atoms. The molecule has 2 rings (SSSR count). The predicted octanol–water partition coefficient (Wildman–Crippen LogP) is 3.20. The molecule has 0 bridgehead atoms. The van der Waals surface area contributed by atoms with Crippen LogP contribution in [0.2, 0.25) is 0 Å². The molecule has 0 aliphatic carbocycles. The smallest absolute Gasteiger partial charge is 0.356 e. The number of rotatable bonds is 3. The summed E-state index contributed by atoms with van der Waals surface area (Å²) in [6.45, 7) is 1.92. The first kappa shape index (κ1) is 13.1. The van der Waals surface area contributed by atoms with E-state index in [-0.39, 0.29) is 17.9 Å². The second kappa shape index (κ2) is 5.56. The number of nitrogens with zero attached hydrogens (tertiary/aromatic N) is 1. The predicted molar refractivity (Wildman–Crippen MR) is 65.5 cm³/mol. The Bertz CT molecular complexity index is 594. The monoisotopic (exact) mass is 263 g/mol. The molecule has 0 amide bonds. The minimum atomic E-state index is -0.696. The van der Waals surface area contributed by atoms with E-state index in [2.05, 4.69) is 4.98 Å². The lowest BCUT2D eigenvalue weighted by atomic mass is 10.1. The van der Waals surface area contributed by atoms with E-state index in [1.165, 1.54) is 6.07 Å². The first-order valence-electron chi connectivity index (χ1n) is 5.71. The first-order chi connectivity index (χ1) is 9.10. The Kier molecular flexibility index (Phi) is 3.85. The van der Waals surface area contributed by atoms with Gasteiger partial charge in [0.25, 0.3) is 0 Å². The largest absolute Gasteiger partial charge is 0.461 e. The van der Waals surface area contributed by atoms with Gasteiger partial charge in [-0.25, -0.2) is 18.6 Å². The number of ether oxygens (including phenoxy) is 1. The van der Waals surface area contributed by atoms with E-state index < -0.39 is 17.6 Å². The maximum absolute atomic E-state index is 13.1. The van der Waals surface area contributed by atoms with Gasteiger partial charge in [0.15, 0.2) is 0 Å². The molecule has 0 aliphatic heterocycles. The molecular formula is C14H11F2NO2. The van der Waals surface area contributed by atoms with Crippen LogP contribution in [0.3, 0.4) is 0 Å². The van der Waals surface area contributed by atoms with Crippen LogP contribution in [0.4, 0.5) is 8.78 Å². The molecule has 0 N–H and O–H groups in total. The Morgan fingerprint density at radius 3 is 2.53 bits per heavy atom. The summed E-state index contributed by atoms with van der Waals surface area (Å²) in [7, 11) is 0. The lowest BCUT2D eigenvalue weighted by molar-refractivity contribution is 0.0519. The molecule has 0 saturated heterocycles. The van der Waals surface area contributed by atoms with Crippen LogP contribution in [-0.4, -0.2) is 17.6 Å². The standard InChI is InChI=1S/C14H11F2NO2/c1-2-19-14(18)13-5-3-4-12(17-13)9-6-10(15)8-11(16)7-9/h3-8H,2H2,1H3. The van der Waals surface area contributed by atoms with E-state index in [4.69, 9.17) is 4.74 Å². The number of hydrogen-bond donors (Lipinski definition) is 0. The highest BCUT2D eigenvalue weighted by Gasteiger charge is 2.10. The topological polar surface area (TPSA) is 39.2 Å². The Labute approximate surface area is 108 Å². The fraction of sp³-hybridized carbons (Fsp3) is 0.143. The van der Waals surface area contributed by atoms with Crippen LogP contribution in [-0.2, 0) is 4.74 Å².